The van der Waals surface area contributed by atoms with Crippen molar-refractivity contribution < 1.29 is 0 Å². The van der Waals surface area contributed by atoms with E-state index in [0.717, 1.165) is 6.42 Å². The van der Waals surface area contributed by atoms with Crippen molar-refractivity contribution in [2.45, 2.75) is 107 Å². The van der Waals surface area contributed by atoms with E-state index in [1.165, 1.54) is 56.1 Å². The Labute approximate surface area is 153 Å². The van der Waals surface area contributed by atoms with Crippen molar-refractivity contribution in [3.63, 3.8) is 0 Å². The van der Waals surface area contributed by atoms with Gasteiger partial charge in [-0.25, -0.2) is 0 Å². The SMILES string of the molecule is C=C(C)CC(C)(C)CC(=CCCCCCC)CC(C)(C)C=C(C)C. The second-order valence-corrected chi connectivity index (χ2v) is 9.57. The Kier molecular flexibility index (Phi) is 10.6. The van der Waals surface area contributed by atoms with Gasteiger partial charge in [-0.15, -0.1) is 6.58 Å². The molecule has 0 nitrogen and oxygen atoms in total. The third-order valence-electron chi connectivity index (χ3n) is 4.34. The van der Waals surface area contributed by atoms with Crippen LogP contribution in [0.3, 0.4) is 0 Å². The van der Waals surface area contributed by atoms with Crippen LogP contribution >= 0.6 is 0 Å². The summed E-state index contributed by atoms with van der Waals surface area (Å²) in [5.74, 6) is 0. The highest BCUT2D eigenvalue weighted by atomic mass is 14.3. The van der Waals surface area contributed by atoms with E-state index < -0.39 is 0 Å². The van der Waals surface area contributed by atoms with E-state index >= 15 is 0 Å². The molecule has 0 aliphatic rings. The second kappa shape index (κ2) is 11.0. The molecule has 0 saturated heterocycles. The van der Waals surface area contributed by atoms with Gasteiger partial charge >= 0.3 is 0 Å². The number of rotatable bonds is 12. The summed E-state index contributed by atoms with van der Waals surface area (Å²) in [6, 6.07) is 0. The Hall–Kier alpha value is -0.780. The lowest BCUT2D eigenvalue weighted by molar-refractivity contribution is 0.340. The van der Waals surface area contributed by atoms with E-state index in [4.69, 9.17) is 0 Å². The average molecular weight is 333 g/mol. The Bertz CT molecular complexity index is 425. The average Bonchev–Trinajstić information content (AvgIpc) is 2.33. The number of hydrogen-bond donors (Lipinski definition) is 0. The molecule has 0 atom stereocenters. The molecule has 0 aliphatic heterocycles. The number of allylic oxidation sites excluding steroid dienone is 5. The molecule has 0 spiro atoms. The summed E-state index contributed by atoms with van der Waals surface area (Å²) in [7, 11) is 0. The van der Waals surface area contributed by atoms with Gasteiger partial charge in [0.05, 0.1) is 0 Å². The zero-order valence-corrected chi connectivity index (χ0v) is 18.0. The molecule has 0 bridgehead atoms. The van der Waals surface area contributed by atoms with Gasteiger partial charge in [0.15, 0.2) is 0 Å². The van der Waals surface area contributed by atoms with E-state index in [-0.39, 0.29) is 5.41 Å². The minimum atomic E-state index is 0.243. The van der Waals surface area contributed by atoms with Gasteiger partial charge < -0.3 is 0 Å². The summed E-state index contributed by atoms with van der Waals surface area (Å²) in [6.07, 6.45) is 15.1. The molecule has 0 aliphatic carbocycles. The van der Waals surface area contributed by atoms with Crippen molar-refractivity contribution in [1.82, 2.24) is 0 Å². The van der Waals surface area contributed by atoms with Crippen molar-refractivity contribution in [1.29, 1.82) is 0 Å². The van der Waals surface area contributed by atoms with E-state index in [2.05, 4.69) is 74.1 Å². The highest BCUT2D eigenvalue weighted by Gasteiger charge is 2.23. The Morgan fingerprint density at radius 3 is 2.00 bits per heavy atom. The van der Waals surface area contributed by atoms with Gasteiger partial charge in [-0.05, 0) is 63.7 Å². The van der Waals surface area contributed by atoms with Crippen molar-refractivity contribution in [2.75, 3.05) is 0 Å². The van der Waals surface area contributed by atoms with Gasteiger partial charge in [0.1, 0.15) is 0 Å². The standard InChI is InChI=1S/C24H44/c1-10-11-12-13-14-15-22(18-23(6,7)16-20(2)3)19-24(8,9)17-21(4)5/h15,17H,2,10-14,16,18-19H2,1,3-9H3. The van der Waals surface area contributed by atoms with Crippen molar-refractivity contribution in [3.8, 4) is 0 Å². The molecule has 0 radical (unpaired) electrons. The molecule has 0 aromatic heterocycles. The molecule has 0 saturated carbocycles. The lowest BCUT2D eigenvalue weighted by atomic mass is 9.75. The van der Waals surface area contributed by atoms with E-state index in [9.17, 15) is 0 Å². The first-order chi connectivity index (χ1) is 11.0. The first kappa shape index (κ1) is 23.2. The zero-order chi connectivity index (χ0) is 18.8. The quantitative estimate of drug-likeness (QED) is 0.248. The monoisotopic (exact) mass is 332 g/mol. The third-order valence-corrected chi connectivity index (χ3v) is 4.34. The summed E-state index contributed by atoms with van der Waals surface area (Å²) in [6.45, 7) is 22.5. The van der Waals surface area contributed by atoms with Crippen LogP contribution in [0.2, 0.25) is 0 Å². The molecule has 0 N–H and O–H groups in total. The van der Waals surface area contributed by atoms with E-state index in [1.807, 2.05) is 0 Å². The van der Waals surface area contributed by atoms with Crippen molar-refractivity contribution in [2.24, 2.45) is 10.8 Å². The normalized spacial score (nSPS) is 13.1. The van der Waals surface area contributed by atoms with E-state index in [0.29, 0.717) is 5.41 Å². The third kappa shape index (κ3) is 12.6. The van der Waals surface area contributed by atoms with Crippen LogP contribution in [0.1, 0.15) is 107 Å². The van der Waals surface area contributed by atoms with Gasteiger partial charge in [0.2, 0.25) is 0 Å². The lowest BCUT2D eigenvalue weighted by Crippen LogP contribution is -2.17. The fourth-order valence-electron chi connectivity index (χ4n) is 4.00. The van der Waals surface area contributed by atoms with Gasteiger partial charge in [-0.2, -0.15) is 0 Å². The molecule has 0 aromatic rings. The van der Waals surface area contributed by atoms with Crippen LogP contribution in [-0.4, -0.2) is 0 Å². The van der Waals surface area contributed by atoms with Crippen LogP contribution in [-0.2, 0) is 0 Å². The molecular weight excluding hydrogens is 288 g/mol. The summed E-state index contributed by atoms with van der Waals surface area (Å²) >= 11 is 0. The van der Waals surface area contributed by atoms with Crippen LogP contribution in [0.4, 0.5) is 0 Å². The maximum absolute atomic E-state index is 4.13. The first-order valence-corrected chi connectivity index (χ1v) is 9.96. The molecule has 0 heterocycles. The summed E-state index contributed by atoms with van der Waals surface area (Å²) < 4.78 is 0. The zero-order valence-electron chi connectivity index (χ0n) is 18.0. The summed E-state index contributed by atoms with van der Waals surface area (Å²) in [5, 5.41) is 0. The van der Waals surface area contributed by atoms with Crippen molar-refractivity contribution >= 4 is 0 Å². The molecule has 0 aromatic carbocycles. The summed E-state index contributed by atoms with van der Waals surface area (Å²) in [4.78, 5) is 0. The second-order valence-electron chi connectivity index (χ2n) is 9.57. The van der Waals surface area contributed by atoms with Crippen LogP contribution in [0.15, 0.2) is 35.5 Å². The Morgan fingerprint density at radius 2 is 1.50 bits per heavy atom. The molecule has 0 amide bonds. The van der Waals surface area contributed by atoms with Crippen LogP contribution in [0.5, 0.6) is 0 Å². The molecular formula is C24H44. The lowest BCUT2D eigenvalue weighted by Gasteiger charge is -2.30. The maximum Gasteiger partial charge on any atom is -0.0135 e. The number of unbranched alkanes of at least 4 members (excludes halogenated alkanes) is 4. The first-order valence-electron chi connectivity index (χ1n) is 9.96. The largest absolute Gasteiger partial charge is 0.100 e. The maximum atomic E-state index is 4.13. The molecule has 0 heteroatoms. The minimum absolute atomic E-state index is 0.243. The summed E-state index contributed by atoms with van der Waals surface area (Å²) in [5.41, 5.74) is 4.91. The minimum Gasteiger partial charge on any atom is -0.100 e. The van der Waals surface area contributed by atoms with Gasteiger partial charge in [0, 0.05) is 0 Å². The van der Waals surface area contributed by atoms with Crippen LogP contribution in [0, 0.1) is 10.8 Å². The predicted octanol–water partition coefficient (Wildman–Crippen LogP) is 8.65. The topological polar surface area (TPSA) is 0 Å². The van der Waals surface area contributed by atoms with Crippen molar-refractivity contribution in [3.05, 3.63) is 35.5 Å². The van der Waals surface area contributed by atoms with Crippen LogP contribution in [0.25, 0.3) is 0 Å². The molecule has 24 heavy (non-hydrogen) atoms. The highest BCUT2D eigenvalue weighted by molar-refractivity contribution is 5.14. The predicted molar refractivity (Wildman–Crippen MR) is 113 cm³/mol. The van der Waals surface area contributed by atoms with Gasteiger partial charge in [-0.1, -0.05) is 82.8 Å². The number of hydrogen-bond acceptors (Lipinski definition) is 0. The van der Waals surface area contributed by atoms with Crippen LogP contribution < -0.4 is 0 Å². The van der Waals surface area contributed by atoms with Gasteiger partial charge in [0.25, 0.3) is 0 Å². The smallest absolute Gasteiger partial charge is 0.0135 e. The highest BCUT2D eigenvalue weighted by Crippen LogP contribution is 2.37. The fraction of sp³-hybridized carbons (Fsp3) is 0.750. The van der Waals surface area contributed by atoms with E-state index in [1.54, 1.807) is 5.57 Å². The van der Waals surface area contributed by atoms with Gasteiger partial charge in [-0.3, -0.25) is 0 Å². The molecule has 0 fully saturated rings. The Balaban J connectivity index is 5.04. The molecule has 0 unspecified atom stereocenters. The fourth-order valence-corrected chi connectivity index (χ4v) is 4.00. The molecule has 140 valence electrons. The molecule has 0 rings (SSSR count). The Morgan fingerprint density at radius 1 is 0.875 bits per heavy atom.